The maximum absolute atomic E-state index is 12.3. The van der Waals surface area contributed by atoms with Crippen LogP contribution >= 0.6 is 0 Å². The second-order valence-electron chi connectivity index (χ2n) is 7.44. The van der Waals surface area contributed by atoms with Gasteiger partial charge in [0.25, 0.3) is 0 Å². The molecular formula is C19H30N4O. The van der Waals surface area contributed by atoms with Crippen molar-refractivity contribution < 1.29 is 4.79 Å². The summed E-state index contributed by atoms with van der Waals surface area (Å²) in [4.78, 5) is 19.2. The highest BCUT2D eigenvalue weighted by atomic mass is 16.1. The van der Waals surface area contributed by atoms with Crippen LogP contribution in [0.1, 0.15) is 56.9 Å². The Hall–Kier alpha value is -1.62. The fourth-order valence-corrected chi connectivity index (χ4v) is 4.01. The normalized spacial score (nSPS) is 20.1. The van der Waals surface area contributed by atoms with Crippen LogP contribution in [0.3, 0.4) is 0 Å². The number of hydrogen-bond donors (Lipinski definition) is 2. The number of pyridine rings is 1. The van der Waals surface area contributed by atoms with Crippen molar-refractivity contribution in [2.45, 2.75) is 57.9 Å². The zero-order valence-electron chi connectivity index (χ0n) is 14.6. The average molecular weight is 330 g/mol. The second kappa shape index (κ2) is 7.97. The van der Waals surface area contributed by atoms with Gasteiger partial charge in [-0.25, -0.2) is 4.98 Å². The van der Waals surface area contributed by atoms with Crippen LogP contribution in [0, 0.1) is 5.41 Å². The number of carbonyl (C=O) groups is 1. The SMILES string of the molecule is NCC1(CC(=O)NCc2ccc(N3CCCC3)nc2)CCCCC1. The van der Waals surface area contributed by atoms with E-state index in [4.69, 9.17) is 5.73 Å². The molecule has 2 heterocycles. The summed E-state index contributed by atoms with van der Waals surface area (Å²) in [7, 11) is 0. The minimum Gasteiger partial charge on any atom is -0.357 e. The minimum atomic E-state index is 0.0280. The molecule has 0 aromatic carbocycles. The Morgan fingerprint density at radius 3 is 2.54 bits per heavy atom. The maximum Gasteiger partial charge on any atom is 0.220 e. The molecule has 3 N–H and O–H groups in total. The van der Waals surface area contributed by atoms with E-state index in [0.717, 1.165) is 37.3 Å². The van der Waals surface area contributed by atoms with Gasteiger partial charge in [0.05, 0.1) is 0 Å². The highest BCUT2D eigenvalue weighted by Crippen LogP contribution is 2.38. The van der Waals surface area contributed by atoms with E-state index in [0.29, 0.717) is 19.5 Å². The van der Waals surface area contributed by atoms with E-state index in [9.17, 15) is 4.79 Å². The molecule has 5 nitrogen and oxygen atoms in total. The summed E-state index contributed by atoms with van der Waals surface area (Å²) in [6.07, 6.45) is 10.8. The van der Waals surface area contributed by atoms with Crippen LogP contribution in [-0.4, -0.2) is 30.5 Å². The average Bonchev–Trinajstić information content (AvgIpc) is 3.16. The van der Waals surface area contributed by atoms with E-state index in [1.807, 2.05) is 6.20 Å². The number of aromatic nitrogens is 1. The molecule has 1 aromatic heterocycles. The van der Waals surface area contributed by atoms with Crippen molar-refractivity contribution in [2.75, 3.05) is 24.5 Å². The monoisotopic (exact) mass is 330 g/mol. The lowest BCUT2D eigenvalue weighted by atomic mass is 9.71. The number of nitrogens with two attached hydrogens (primary N) is 1. The summed E-state index contributed by atoms with van der Waals surface area (Å²) < 4.78 is 0. The Morgan fingerprint density at radius 2 is 1.92 bits per heavy atom. The second-order valence-corrected chi connectivity index (χ2v) is 7.44. The number of nitrogens with zero attached hydrogens (tertiary/aromatic N) is 2. The number of hydrogen-bond acceptors (Lipinski definition) is 4. The van der Waals surface area contributed by atoms with E-state index in [1.54, 1.807) is 0 Å². The Labute approximate surface area is 145 Å². The Balaban J connectivity index is 1.48. The van der Waals surface area contributed by atoms with Crippen molar-refractivity contribution in [3.05, 3.63) is 23.9 Å². The molecular weight excluding hydrogens is 300 g/mol. The largest absolute Gasteiger partial charge is 0.357 e. The van der Waals surface area contributed by atoms with Gasteiger partial charge in [-0.3, -0.25) is 4.79 Å². The molecule has 2 aliphatic rings. The molecule has 2 fully saturated rings. The fraction of sp³-hybridized carbons (Fsp3) is 0.684. The topological polar surface area (TPSA) is 71.2 Å². The van der Waals surface area contributed by atoms with E-state index in [-0.39, 0.29) is 11.3 Å². The van der Waals surface area contributed by atoms with E-state index in [2.05, 4.69) is 27.3 Å². The van der Waals surface area contributed by atoms with Gasteiger partial charge in [0.15, 0.2) is 0 Å². The first-order valence-corrected chi connectivity index (χ1v) is 9.37. The summed E-state index contributed by atoms with van der Waals surface area (Å²) in [6.45, 7) is 3.37. The first-order valence-electron chi connectivity index (χ1n) is 9.37. The van der Waals surface area contributed by atoms with Gasteiger partial charge in [0.2, 0.25) is 5.91 Å². The minimum absolute atomic E-state index is 0.0280. The molecule has 5 heteroatoms. The molecule has 0 radical (unpaired) electrons. The van der Waals surface area contributed by atoms with E-state index in [1.165, 1.54) is 32.1 Å². The molecule has 132 valence electrons. The van der Waals surface area contributed by atoms with Gasteiger partial charge in [-0.1, -0.05) is 25.3 Å². The van der Waals surface area contributed by atoms with Crippen LogP contribution in [0.25, 0.3) is 0 Å². The van der Waals surface area contributed by atoms with Gasteiger partial charge < -0.3 is 16.0 Å². The molecule has 1 saturated carbocycles. The molecule has 1 aliphatic heterocycles. The van der Waals surface area contributed by atoms with Gasteiger partial charge in [-0.2, -0.15) is 0 Å². The van der Waals surface area contributed by atoms with Gasteiger partial charge in [0, 0.05) is 32.3 Å². The third-order valence-electron chi connectivity index (χ3n) is 5.61. The van der Waals surface area contributed by atoms with Crippen LogP contribution in [0.15, 0.2) is 18.3 Å². The van der Waals surface area contributed by atoms with Crippen molar-refractivity contribution in [1.82, 2.24) is 10.3 Å². The molecule has 24 heavy (non-hydrogen) atoms. The van der Waals surface area contributed by atoms with Gasteiger partial charge in [-0.05, 0) is 49.3 Å². The first kappa shape index (κ1) is 17.2. The van der Waals surface area contributed by atoms with Gasteiger partial charge in [0.1, 0.15) is 5.82 Å². The summed E-state index contributed by atoms with van der Waals surface area (Å²) in [5, 5.41) is 3.05. The molecule has 1 aliphatic carbocycles. The van der Waals surface area contributed by atoms with Crippen molar-refractivity contribution in [2.24, 2.45) is 11.1 Å². The molecule has 1 saturated heterocycles. The number of amides is 1. The smallest absolute Gasteiger partial charge is 0.220 e. The fourth-order valence-electron chi connectivity index (χ4n) is 4.01. The standard InChI is InChI=1S/C19H30N4O/c20-15-19(8-2-1-3-9-19)12-18(24)22-14-16-6-7-17(21-13-16)23-10-4-5-11-23/h6-7,13H,1-5,8-12,14-15,20H2,(H,22,24). The van der Waals surface area contributed by atoms with Crippen LogP contribution < -0.4 is 16.0 Å². The highest BCUT2D eigenvalue weighted by Gasteiger charge is 2.32. The quantitative estimate of drug-likeness (QED) is 0.841. The molecule has 3 rings (SSSR count). The lowest BCUT2D eigenvalue weighted by Crippen LogP contribution is -2.38. The lowest BCUT2D eigenvalue weighted by molar-refractivity contribution is -0.124. The molecule has 0 unspecified atom stereocenters. The number of nitrogens with one attached hydrogen (secondary N) is 1. The zero-order valence-corrected chi connectivity index (χ0v) is 14.6. The van der Waals surface area contributed by atoms with Crippen LogP contribution in [0.5, 0.6) is 0 Å². The van der Waals surface area contributed by atoms with E-state index >= 15 is 0 Å². The summed E-state index contributed by atoms with van der Waals surface area (Å²) in [5.41, 5.74) is 7.06. The van der Waals surface area contributed by atoms with Crippen molar-refractivity contribution in [3.8, 4) is 0 Å². The summed E-state index contributed by atoms with van der Waals surface area (Å²) in [6, 6.07) is 4.13. The lowest BCUT2D eigenvalue weighted by Gasteiger charge is -2.35. The molecule has 1 aromatic rings. The van der Waals surface area contributed by atoms with Gasteiger partial charge in [-0.15, -0.1) is 0 Å². The molecule has 0 atom stereocenters. The van der Waals surface area contributed by atoms with Crippen LogP contribution in [0.4, 0.5) is 5.82 Å². The molecule has 0 bridgehead atoms. The third kappa shape index (κ3) is 4.26. The molecule has 0 spiro atoms. The summed E-state index contributed by atoms with van der Waals surface area (Å²) >= 11 is 0. The van der Waals surface area contributed by atoms with Crippen molar-refractivity contribution >= 4 is 11.7 Å². The zero-order chi connectivity index (χ0) is 16.8. The Kier molecular flexibility index (Phi) is 5.72. The molecule has 1 amide bonds. The van der Waals surface area contributed by atoms with E-state index < -0.39 is 0 Å². The Morgan fingerprint density at radius 1 is 1.17 bits per heavy atom. The van der Waals surface area contributed by atoms with Crippen LogP contribution in [-0.2, 0) is 11.3 Å². The number of anilines is 1. The van der Waals surface area contributed by atoms with Crippen molar-refractivity contribution in [3.63, 3.8) is 0 Å². The van der Waals surface area contributed by atoms with Crippen LogP contribution in [0.2, 0.25) is 0 Å². The predicted octanol–water partition coefficient (Wildman–Crippen LogP) is 2.60. The third-order valence-corrected chi connectivity index (χ3v) is 5.61. The maximum atomic E-state index is 12.3. The van der Waals surface area contributed by atoms with Gasteiger partial charge >= 0.3 is 0 Å². The first-order chi connectivity index (χ1) is 11.7. The number of rotatable bonds is 6. The summed E-state index contributed by atoms with van der Waals surface area (Å²) in [5.74, 6) is 1.16. The predicted molar refractivity (Wildman–Crippen MR) is 96.7 cm³/mol. The Bertz CT molecular complexity index is 531. The van der Waals surface area contributed by atoms with Crippen molar-refractivity contribution in [1.29, 1.82) is 0 Å². The number of carbonyl (C=O) groups excluding carboxylic acids is 1. The highest BCUT2D eigenvalue weighted by molar-refractivity contribution is 5.76.